The molecule has 1 unspecified atom stereocenters. The zero-order valence-corrected chi connectivity index (χ0v) is 24.8. The summed E-state index contributed by atoms with van der Waals surface area (Å²) in [4.78, 5) is 78.8. The third-order valence-corrected chi connectivity index (χ3v) is 9.10. The number of hydrogen-bond acceptors (Lipinski definition) is 6. The monoisotopic (exact) mass is 573 g/mol. The maximum Gasteiger partial charge on any atom is 0.315 e. The number of ketones is 2. The molecule has 0 aromatic carbocycles. The minimum absolute atomic E-state index is 0.114. The SMILES string of the molecule is CC(C)(C)[C@H](NC(=O)NC1(CC(=O)C2CC2)CCCCC1)C(=O)N1CCC[C@H]1C(=O)NC(CC1CC1)C(=O)C(N)=O. The molecule has 3 aliphatic carbocycles. The van der Waals surface area contributed by atoms with Gasteiger partial charge in [-0.2, -0.15) is 0 Å². The number of Topliss-reactive ketones (excluding diaryl/α,β-unsaturated/α-hetero) is 2. The Labute approximate surface area is 242 Å². The van der Waals surface area contributed by atoms with Gasteiger partial charge in [-0.05, 0) is 56.3 Å². The molecule has 1 saturated heterocycles. The molecule has 228 valence electrons. The molecule has 5 N–H and O–H groups in total. The maximum atomic E-state index is 13.9. The molecule has 4 fully saturated rings. The summed E-state index contributed by atoms with van der Waals surface area (Å²) in [6.45, 7) is 5.89. The second-order valence-corrected chi connectivity index (χ2v) is 13.8. The fourth-order valence-corrected chi connectivity index (χ4v) is 6.34. The van der Waals surface area contributed by atoms with Gasteiger partial charge in [-0.15, -0.1) is 0 Å². The number of rotatable bonds is 12. The Bertz CT molecular complexity index is 1050. The first-order valence-electron chi connectivity index (χ1n) is 15.4. The van der Waals surface area contributed by atoms with Crippen molar-refractivity contribution in [2.24, 2.45) is 23.0 Å². The Hall–Kier alpha value is -2.98. The van der Waals surface area contributed by atoms with E-state index in [-0.39, 0.29) is 23.5 Å². The molecule has 3 atom stereocenters. The van der Waals surface area contributed by atoms with E-state index in [1.807, 2.05) is 20.8 Å². The van der Waals surface area contributed by atoms with E-state index >= 15 is 0 Å². The van der Waals surface area contributed by atoms with Crippen LogP contribution in [0.15, 0.2) is 0 Å². The lowest BCUT2D eigenvalue weighted by atomic mass is 9.77. The summed E-state index contributed by atoms with van der Waals surface area (Å²) in [5.74, 6) is -2.20. The summed E-state index contributed by atoms with van der Waals surface area (Å²) < 4.78 is 0. The summed E-state index contributed by atoms with van der Waals surface area (Å²) in [6, 6.07) is -3.23. The van der Waals surface area contributed by atoms with Crippen molar-refractivity contribution < 1.29 is 28.8 Å². The third-order valence-electron chi connectivity index (χ3n) is 9.10. The van der Waals surface area contributed by atoms with Gasteiger partial charge in [-0.1, -0.05) is 52.9 Å². The molecular weight excluding hydrogens is 526 g/mol. The highest BCUT2D eigenvalue weighted by Crippen LogP contribution is 2.38. The van der Waals surface area contributed by atoms with Crippen LogP contribution in [0.3, 0.4) is 0 Å². The van der Waals surface area contributed by atoms with E-state index in [2.05, 4.69) is 16.0 Å². The van der Waals surface area contributed by atoms with Crippen molar-refractivity contribution in [2.45, 2.75) is 128 Å². The lowest BCUT2D eigenvalue weighted by molar-refractivity contribution is -0.143. The first-order valence-corrected chi connectivity index (χ1v) is 15.4. The van der Waals surface area contributed by atoms with Gasteiger partial charge in [0.15, 0.2) is 0 Å². The second kappa shape index (κ2) is 12.5. The summed E-state index contributed by atoms with van der Waals surface area (Å²) in [7, 11) is 0. The highest BCUT2D eigenvalue weighted by Gasteiger charge is 2.45. The Morgan fingerprint density at radius 2 is 1.56 bits per heavy atom. The number of likely N-dealkylation sites (tertiary alicyclic amines) is 1. The van der Waals surface area contributed by atoms with Crippen LogP contribution < -0.4 is 21.7 Å². The number of hydrogen-bond donors (Lipinski definition) is 4. The zero-order chi connectivity index (χ0) is 29.9. The molecule has 4 rings (SSSR count). The number of nitrogens with one attached hydrogen (secondary N) is 3. The topological polar surface area (TPSA) is 168 Å². The maximum absolute atomic E-state index is 13.9. The van der Waals surface area contributed by atoms with E-state index in [0.29, 0.717) is 32.2 Å². The van der Waals surface area contributed by atoms with Gasteiger partial charge in [0, 0.05) is 24.4 Å². The molecule has 1 aliphatic heterocycles. The number of carbonyl (C=O) groups is 6. The van der Waals surface area contributed by atoms with Gasteiger partial charge in [0.25, 0.3) is 5.91 Å². The van der Waals surface area contributed by atoms with Crippen LogP contribution in [0, 0.1) is 17.3 Å². The van der Waals surface area contributed by atoms with E-state index in [0.717, 1.165) is 57.8 Å². The van der Waals surface area contributed by atoms with Crippen LogP contribution >= 0.6 is 0 Å². The minimum Gasteiger partial charge on any atom is -0.363 e. The van der Waals surface area contributed by atoms with Crippen LogP contribution in [0.1, 0.15) is 104 Å². The predicted octanol–water partition coefficient (Wildman–Crippen LogP) is 2.10. The highest BCUT2D eigenvalue weighted by atomic mass is 16.2. The molecule has 0 radical (unpaired) electrons. The average molecular weight is 574 g/mol. The van der Waals surface area contributed by atoms with Crippen LogP contribution in [0.4, 0.5) is 4.79 Å². The lowest BCUT2D eigenvalue weighted by Crippen LogP contribution is -2.62. The number of carbonyl (C=O) groups excluding carboxylic acids is 6. The fraction of sp³-hybridized carbons (Fsp3) is 0.800. The number of urea groups is 1. The van der Waals surface area contributed by atoms with Gasteiger partial charge in [0.2, 0.25) is 17.6 Å². The normalized spacial score (nSPS) is 23.7. The van der Waals surface area contributed by atoms with Crippen molar-refractivity contribution in [3.05, 3.63) is 0 Å². The average Bonchev–Trinajstić information content (AvgIpc) is 3.84. The van der Waals surface area contributed by atoms with Crippen LogP contribution in [0.5, 0.6) is 0 Å². The Morgan fingerprint density at radius 1 is 0.902 bits per heavy atom. The van der Waals surface area contributed by atoms with Crippen molar-refractivity contribution in [3.63, 3.8) is 0 Å². The molecule has 3 saturated carbocycles. The largest absolute Gasteiger partial charge is 0.363 e. The number of primary amides is 1. The molecule has 11 heteroatoms. The highest BCUT2D eigenvalue weighted by molar-refractivity contribution is 6.37. The number of amides is 5. The lowest BCUT2D eigenvalue weighted by Gasteiger charge is -2.40. The summed E-state index contributed by atoms with van der Waals surface area (Å²) in [5.41, 5.74) is 3.95. The van der Waals surface area contributed by atoms with Crippen LogP contribution in [0.25, 0.3) is 0 Å². The summed E-state index contributed by atoms with van der Waals surface area (Å²) in [6.07, 6.45) is 9.78. The van der Waals surface area contributed by atoms with Gasteiger partial charge in [-0.25, -0.2) is 4.79 Å². The van der Waals surface area contributed by atoms with Crippen molar-refractivity contribution in [3.8, 4) is 0 Å². The van der Waals surface area contributed by atoms with Crippen LogP contribution in [0.2, 0.25) is 0 Å². The minimum atomic E-state index is -1.09. The van der Waals surface area contributed by atoms with Gasteiger partial charge in [0.05, 0.1) is 6.04 Å². The molecule has 41 heavy (non-hydrogen) atoms. The van der Waals surface area contributed by atoms with E-state index in [4.69, 9.17) is 5.73 Å². The molecule has 5 amide bonds. The van der Waals surface area contributed by atoms with Gasteiger partial charge in [-0.3, -0.25) is 24.0 Å². The molecule has 0 aromatic rings. The number of nitrogens with zero attached hydrogens (tertiary/aromatic N) is 1. The van der Waals surface area contributed by atoms with Gasteiger partial charge >= 0.3 is 6.03 Å². The zero-order valence-electron chi connectivity index (χ0n) is 24.8. The van der Waals surface area contributed by atoms with Crippen molar-refractivity contribution in [1.82, 2.24) is 20.9 Å². The van der Waals surface area contributed by atoms with E-state index in [1.54, 1.807) is 0 Å². The molecule has 11 nitrogen and oxygen atoms in total. The van der Waals surface area contributed by atoms with Gasteiger partial charge < -0.3 is 26.6 Å². The first-order chi connectivity index (χ1) is 19.3. The predicted molar refractivity (Wildman–Crippen MR) is 151 cm³/mol. The Kier molecular flexibility index (Phi) is 9.43. The molecule has 4 aliphatic rings. The van der Waals surface area contributed by atoms with Crippen molar-refractivity contribution in [1.29, 1.82) is 0 Å². The molecule has 0 aromatic heterocycles. The van der Waals surface area contributed by atoms with E-state index in [9.17, 15) is 28.8 Å². The molecule has 0 spiro atoms. The van der Waals surface area contributed by atoms with Crippen molar-refractivity contribution >= 4 is 35.3 Å². The van der Waals surface area contributed by atoms with E-state index in [1.165, 1.54) is 4.90 Å². The Morgan fingerprint density at radius 3 is 2.12 bits per heavy atom. The second-order valence-electron chi connectivity index (χ2n) is 13.8. The molecule has 1 heterocycles. The summed E-state index contributed by atoms with van der Waals surface area (Å²) in [5, 5.41) is 8.68. The third kappa shape index (κ3) is 8.07. The molecular formula is C30H47N5O6. The smallest absolute Gasteiger partial charge is 0.315 e. The standard InChI is InChI=1S/C30H47N5O6/c1-29(2,3)24(33-28(41)34-30(13-5-4-6-14-30)17-22(36)19-11-12-19)27(40)35-15-7-8-21(35)26(39)32-20(16-18-9-10-18)23(37)25(31)38/h18-21,24H,4-17H2,1-3H3,(H2,31,38)(H,32,39)(H2,33,34,41)/t20?,21-,24+/m0/s1. The number of nitrogens with two attached hydrogens (primary N) is 1. The first kappa shape index (κ1) is 31.0. The van der Waals surface area contributed by atoms with E-state index < -0.39 is 52.7 Å². The van der Waals surface area contributed by atoms with Gasteiger partial charge in [0.1, 0.15) is 17.9 Å². The van der Waals surface area contributed by atoms with Crippen molar-refractivity contribution in [2.75, 3.05) is 6.54 Å². The summed E-state index contributed by atoms with van der Waals surface area (Å²) >= 11 is 0. The van der Waals surface area contributed by atoms with Crippen LogP contribution in [-0.4, -0.2) is 70.4 Å². The van der Waals surface area contributed by atoms with Crippen LogP contribution in [-0.2, 0) is 24.0 Å². The quantitative estimate of drug-likeness (QED) is 0.261. The Balaban J connectivity index is 1.44. The molecule has 0 bridgehead atoms. The fourth-order valence-electron chi connectivity index (χ4n) is 6.34.